The van der Waals surface area contributed by atoms with E-state index in [9.17, 15) is 4.79 Å². The number of nitrogens with zero attached hydrogens (tertiary/aromatic N) is 4. The van der Waals surface area contributed by atoms with E-state index in [1.165, 1.54) is 0 Å². The van der Waals surface area contributed by atoms with Gasteiger partial charge < -0.3 is 19.1 Å². The van der Waals surface area contributed by atoms with E-state index < -0.39 is 0 Å². The maximum Gasteiger partial charge on any atom is 0.276 e. The van der Waals surface area contributed by atoms with E-state index in [0.29, 0.717) is 31.9 Å². The van der Waals surface area contributed by atoms with Crippen LogP contribution >= 0.6 is 0 Å². The Morgan fingerprint density at radius 3 is 2.70 bits per heavy atom. The third-order valence-electron chi connectivity index (χ3n) is 5.31. The van der Waals surface area contributed by atoms with Crippen molar-refractivity contribution in [3.63, 3.8) is 0 Å². The van der Waals surface area contributed by atoms with Crippen molar-refractivity contribution < 1.29 is 14.1 Å². The molecule has 0 spiro atoms. The van der Waals surface area contributed by atoms with Crippen molar-refractivity contribution in [3.8, 4) is 5.75 Å². The highest BCUT2D eigenvalue weighted by Crippen LogP contribution is 2.23. The van der Waals surface area contributed by atoms with Crippen LogP contribution in [0, 0.1) is 0 Å². The zero-order chi connectivity index (χ0) is 18.6. The van der Waals surface area contributed by atoms with Gasteiger partial charge in [0.2, 0.25) is 0 Å². The predicted molar refractivity (Wildman–Crippen MR) is 101 cm³/mol. The molecule has 2 aliphatic rings. The molecule has 2 aromatic rings. The van der Waals surface area contributed by atoms with Crippen molar-refractivity contribution in [3.05, 3.63) is 47.3 Å². The summed E-state index contributed by atoms with van der Waals surface area (Å²) in [5, 5.41) is 4.03. The highest BCUT2D eigenvalue weighted by molar-refractivity contribution is 5.92. The molecule has 2 aliphatic heterocycles. The number of hydrogen-bond acceptors (Lipinski definition) is 6. The number of hydrogen-bond donors (Lipinski definition) is 0. The number of amides is 1. The van der Waals surface area contributed by atoms with Crippen LogP contribution < -0.4 is 4.74 Å². The molecule has 1 aromatic carbocycles. The van der Waals surface area contributed by atoms with Crippen LogP contribution in [-0.4, -0.2) is 71.6 Å². The number of rotatable bonds is 4. The molecule has 0 atom stereocenters. The second kappa shape index (κ2) is 8.10. The minimum absolute atomic E-state index is 0.110. The number of benzene rings is 1. The zero-order valence-corrected chi connectivity index (χ0v) is 15.8. The first kappa shape index (κ1) is 18.0. The second-order valence-corrected chi connectivity index (χ2v) is 7.07. The molecule has 7 nitrogen and oxygen atoms in total. The van der Waals surface area contributed by atoms with E-state index >= 15 is 0 Å². The lowest BCUT2D eigenvalue weighted by atomic mass is 10.2. The first-order valence-corrected chi connectivity index (χ1v) is 9.63. The number of fused-ring (bicyclic) bond motifs is 1. The van der Waals surface area contributed by atoms with Gasteiger partial charge in [-0.2, -0.15) is 0 Å². The molecule has 0 bridgehead atoms. The van der Waals surface area contributed by atoms with Crippen molar-refractivity contribution >= 4 is 5.91 Å². The second-order valence-electron chi connectivity index (χ2n) is 7.07. The van der Waals surface area contributed by atoms with Gasteiger partial charge in [-0.25, -0.2) is 0 Å². The summed E-state index contributed by atoms with van der Waals surface area (Å²) in [5.74, 6) is 1.48. The molecule has 3 heterocycles. The average molecular weight is 370 g/mol. The van der Waals surface area contributed by atoms with Gasteiger partial charge in [-0.15, -0.1) is 0 Å². The molecule has 1 fully saturated rings. The number of likely N-dealkylation sites (N-methyl/N-ethyl adjacent to an activating group) is 1. The van der Waals surface area contributed by atoms with Crippen molar-refractivity contribution in [2.75, 3.05) is 45.9 Å². The third kappa shape index (κ3) is 4.14. The Morgan fingerprint density at radius 2 is 1.89 bits per heavy atom. The fourth-order valence-electron chi connectivity index (χ4n) is 3.63. The van der Waals surface area contributed by atoms with Gasteiger partial charge in [-0.1, -0.05) is 30.3 Å². The summed E-state index contributed by atoms with van der Waals surface area (Å²) < 4.78 is 11.2. The molecule has 1 saturated heterocycles. The maximum absolute atomic E-state index is 12.9. The number of aromatic nitrogens is 1. The van der Waals surface area contributed by atoms with Gasteiger partial charge in [0.25, 0.3) is 5.91 Å². The monoisotopic (exact) mass is 370 g/mol. The van der Waals surface area contributed by atoms with Crippen LogP contribution in [-0.2, 0) is 13.1 Å². The van der Waals surface area contributed by atoms with Crippen LogP contribution in [0.15, 0.2) is 34.9 Å². The Labute approximate surface area is 159 Å². The summed E-state index contributed by atoms with van der Waals surface area (Å²) >= 11 is 0. The van der Waals surface area contributed by atoms with Crippen LogP contribution in [0.4, 0.5) is 0 Å². The van der Waals surface area contributed by atoms with Crippen molar-refractivity contribution in [1.82, 2.24) is 19.9 Å². The number of piperazine rings is 1. The van der Waals surface area contributed by atoms with Crippen molar-refractivity contribution in [1.29, 1.82) is 0 Å². The third-order valence-corrected chi connectivity index (χ3v) is 5.31. The van der Waals surface area contributed by atoms with E-state index in [1.807, 2.05) is 24.3 Å². The molecular formula is C20H26N4O3. The van der Waals surface area contributed by atoms with Gasteiger partial charge in [0.15, 0.2) is 11.5 Å². The van der Waals surface area contributed by atoms with Gasteiger partial charge >= 0.3 is 0 Å². The Kier molecular flexibility index (Phi) is 5.40. The first-order chi connectivity index (χ1) is 13.2. The fourth-order valence-corrected chi connectivity index (χ4v) is 3.63. The number of carbonyl (C=O) groups excluding carboxylic acids is 1. The Hall–Kier alpha value is -2.38. The van der Waals surface area contributed by atoms with E-state index in [0.717, 1.165) is 49.8 Å². The first-order valence-electron chi connectivity index (χ1n) is 9.63. The zero-order valence-electron chi connectivity index (χ0n) is 15.8. The standard InChI is InChI=1S/C20H26N4O3/c1-2-22-7-9-23(10-8-22)15-17-13-18(21-27-17)20(25)24-11-12-26-19-6-4-3-5-16(19)14-24/h3-6,13H,2,7-12,14-15H2,1H3. The topological polar surface area (TPSA) is 62.0 Å². The van der Waals surface area contributed by atoms with Crippen LogP contribution in [0.3, 0.4) is 0 Å². The SMILES string of the molecule is CCN1CCN(Cc2cc(C(=O)N3CCOc4ccccc4C3)no2)CC1. The lowest BCUT2D eigenvalue weighted by molar-refractivity contribution is 0.0722. The summed E-state index contributed by atoms with van der Waals surface area (Å²) in [5.41, 5.74) is 1.39. The average Bonchev–Trinajstić information content (AvgIpc) is 3.05. The van der Waals surface area contributed by atoms with Crippen molar-refractivity contribution in [2.24, 2.45) is 0 Å². The molecule has 1 amide bonds. The molecule has 0 radical (unpaired) electrons. The molecule has 144 valence electrons. The van der Waals surface area contributed by atoms with E-state index in [4.69, 9.17) is 9.26 Å². The van der Waals surface area contributed by atoms with Gasteiger partial charge in [0, 0.05) is 44.4 Å². The van der Waals surface area contributed by atoms with E-state index in [-0.39, 0.29) is 5.91 Å². The Balaban J connectivity index is 1.39. The van der Waals surface area contributed by atoms with Gasteiger partial charge in [-0.3, -0.25) is 9.69 Å². The fraction of sp³-hybridized carbons (Fsp3) is 0.500. The van der Waals surface area contributed by atoms with Gasteiger partial charge in [0.1, 0.15) is 12.4 Å². The van der Waals surface area contributed by atoms with Crippen molar-refractivity contribution in [2.45, 2.75) is 20.0 Å². The molecule has 0 N–H and O–H groups in total. The quantitative estimate of drug-likeness (QED) is 0.819. The van der Waals surface area contributed by atoms with E-state index in [2.05, 4.69) is 21.9 Å². The van der Waals surface area contributed by atoms with Gasteiger partial charge in [-0.05, 0) is 12.6 Å². The summed E-state index contributed by atoms with van der Waals surface area (Å²) in [7, 11) is 0. The largest absolute Gasteiger partial charge is 0.491 e. The Bertz CT molecular complexity index is 783. The molecular weight excluding hydrogens is 344 g/mol. The summed E-state index contributed by atoms with van der Waals surface area (Å²) in [6.07, 6.45) is 0. The molecule has 4 rings (SSSR count). The minimum Gasteiger partial charge on any atom is -0.491 e. The van der Waals surface area contributed by atoms with Crippen LogP contribution in [0.1, 0.15) is 28.7 Å². The summed E-state index contributed by atoms with van der Waals surface area (Å²) in [6, 6.07) is 9.62. The highest BCUT2D eigenvalue weighted by atomic mass is 16.5. The lowest BCUT2D eigenvalue weighted by Crippen LogP contribution is -2.45. The van der Waals surface area contributed by atoms with Crippen LogP contribution in [0.25, 0.3) is 0 Å². The smallest absolute Gasteiger partial charge is 0.276 e. The van der Waals surface area contributed by atoms with E-state index in [1.54, 1.807) is 11.0 Å². The summed E-state index contributed by atoms with van der Waals surface area (Å²) in [6.45, 7) is 9.70. The Morgan fingerprint density at radius 1 is 1.11 bits per heavy atom. The maximum atomic E-state index is 12.9. The molecule has 7 heteroatoms. The molecule has 0 unspecified atom stereocenters. The highest BCUT2D eigenvalue weighted by Gasteiger charge is 2.24. The van der Waals surface area contributed by atoms with Crippen LogP contribution in [0.2, 0.25) is 0 Å². The van der Waals surface area contributed by atoms with Gasteiger partial charge in [0.05, 0.1) is 13.1 Å². The number of para-hydroxylation sites is 1. The molecule has 1 aromatic heterocycles. The molecule has 27 heavy (non-hydrogen) atoms. The molecule has 0 aliphatic carbocycles. The normalized spacial score (nSPS) is 18.6. The molecule has 0 saturated carbocycles. The lowest BCUT2D eigenvalue weighted by Gasteiger charge is -2.33. The van der Waals surface area contributed by atoms with Crippen LogP contribution in [0.5, 0.6) is 5.75 Å². The summed E-state index contributed by atoms with van der Waals surface area (Å²) in [4.78, 5) is 19.4. The number of carbonyl (C=O) groups is 1. The predicted octanol–water partition coefficient (Wildman–Crippen LogP) is 1.85. The minimum atomic E-state index is -0.110. The number of ether oxygens (including phenoxy) is 1.